The van der Waals surface area contributed by atoms with Crippen LogP contribution in [0.15, 0.2) is 97.1 Å². The number of benzene rings is 3. The topological polar surface area (TPSA) is 66.4 Å². The molecule has 0 heterocycles. The van der Waals surface area contributed by atoms with Crippen molar-refractivity contribution in [3.05, 3.63) is 130 Å². The molecular formula is C29H24ClF2NO3. The van der Waals surface area contributed by atoms with E-state index >= 15 is 0 Å². The largest absolute Gasteiger partial charge is 0.478 e. The summed E-state index contributed by atoms with van der Waals surface area (Å²) in [5.74, 6) is -3.67. The number of rotatable bonds is 9. The van der Waals surface area contributed by atoms with Gasteiger partial charge >= 0.3 is 5.97 Å². The summed E-state index contributed by atoms with van der Waals surface area (Å²) in [4.78, 5) is 24.4. The Kier molecular flexibility index (Phi) is 8.92. The van der Waals surface area contributed by atoms with Crippen LogP contribution in [0.2, 0.25) is 5.02 Å². The highest BCUT2D eigenvalue weighted by molar-refractivity contribution is 6.31. The maximum Gasteiger partial charge on any atom is 0.335 e. The van der Waals surface area contributed by atoms with Crippen molar-refractivity contribution in [2.45, 2.75) is 13.3 Å². The van der Waals surface area contributed by atoms with Gasteiger partial charge < -0.3 is 10.4 Å². The Bertz CT molecular complexity index is 1330. The molecule has 7 heteroatoms. The van der Waals surface area contributed by atoms with Crippen molar-refractivity contribution in [1.29, 1.82) is 0 Å². The molecule has 2 N–H and O–H groups in total. The molecule has 0 saturated heterocycles. The molecule has 184 valence electrons. The van der Waals surface area contributed by atoms with E-state index < -0.39 is 23.5 Å². The summed E-state index contributed by atoms with van der Waals surface area (Å²) in [6.45, 7) is 5.41. The Morgan fingerprint density at radius 3 is 2.31 bits per heavy atom. The number of anilines is 1. The standard InChI is InChI=1S/C29H24ClF2NO3/c1-3-20(26-25(31)16-15-24(30)27(26)32)10-9-18(2)23(17-19-7-5-4-6-8-19)28(34)33-22-13-11-21(12-14-22)29(35)36/h3-16,23H,1,17H2,2H3,(H,33,34)(H,35,36)/b18-9+,20-10+. The lowest BCUT2D eigenvalue weighted by molar-refractivity contribution is -0.118. The molecule has 3 aromatic rings. The predicted octanol–water partition coefficient (Wildman–Crippen LogP) is 7.33. The van der Waals surface area contributed by atoms with Gasteiger partial charge in [-0.1, -0.05) is 72.3 Å². The Morgan fingerprint density at radius 2 is 1.69 bits per heavy atom. The van der Waals surface area contributed by atoms with Crippen molar-refractivity contribution in [2.24, 2.45) is 5.92 Å². The number of allylic oxidation sites excluding steroid dienone is 4. The van der Waals surface area contributed by atoms with E-state index in [2.05, 4.69) is 11.9 Å². The lowest BCUT2D eigenvalue weighted by Gasteiger charge is -2.18. The summed E-state index contributed by atoms with van der Waals surface area (Å²) >= 11 is 5.83. The quantitative estimate of drug-likeness (QED) is 0.235. The van der Waals surface area contributed by atoms with Crippen LogP contribution in [-0.4, -0.2) is 17.0 Å². The molecule has 3 aromatic carbocycles. The zero-order valence-corrected chi connectivity index (χ0v) is 20.2. The second-order valence-electron chi connectivity index (χ2n) is 8.07. The highest BCUT2D eigenvalue weighted by Crippen LogP contribution is 2.29. The monoisotopic (exact) mass is 507 g/mol. The molecule has 1 unspecified atom stereocenters. The lowest BCUT2D eigenvalue weighted by atomic mass is 9.90. The van der Waals surface area contributed by atoms with E-state index in [1.165, 1.54) is 36.4 Å². The van der Waals surface area contributed by atoms with Gasteiger partial charge in [0.15, 0.2) is 5.82 Å². The molecule has 0 radical (unpaired) electrons. The molecule has 36 heavy (non-hydrogen) atoms. The molecule has 0 bridgehead atoms. The van der Waals surface area contributed by atoms with E-state index in [1.54, 1.807) is 13.0 Å². The van der Waals surface area contributed by atoms with E-state index in [1.807, 2.05) is 30.3 Å². The Morgan fingerprint density at radius 1 is 1.03 bits per heavy atom. The van der Waals surface area contributed by atoms with E-state index in [-0.39, 0.29) is 27.6 Å². The number of halogens is 3. The molecule has 4 nitrogen and oxygen atoms in total. The Labute approximate surface area is 213 Å². The fourth-order valence-corrected chi connectivity index (χ4v) is 3.78. The first-order chi connectivity index (χ1) is 17.2. The summed E-state index contributed by atoms with van der Waals surface area (Å²) in [6, 6.07) is 17.5. The summed E-state index contributed by atoms with van der Waals surface area (Å²) in [6.07, 6.45) is 4.81. The van der Waals surface area contributed by atoms with Crippen molar-refractivity contribution in [2.75, 3.05) is 5.32 Å². The zero-order chi connectivity index (χ0) is 26.2. The van der Waals surface area contributed by atoms with E-state index in [4.69, 9.17) is 16.7 Å². The van der Waals surface area contributed by atoms with Crippen molar-refractivity contribution < 1.29 is 23.5 Å². The number of nitrogens with one attached hydrogen (secondary N) is 1. The normalized spacial score (nSPS) is 12.7. The van der Waals surface area contributed by atoms with E-state index in [0.29, 0.717) is 17.7 Å². The number of carbonyl (C=O) groups is 2. The molecular weight excluding hydrogens is 484 g/mol. The van der Waals surface area contributed by atoms with Crippen LogP contribution in [0, 0.1) is 17.6 Å². The third-order valence-electron chi connectivity index (χ3n) is 5.63. The first kappa shape index (κ1) is 26.6. The highest BCUT2D eigenvalue weighted by atomic mass is 35.5. The van der Waals surface area contributed by atoms with Gasteiger partial charge in [-0.25, -0.2) is 13.6 Å². The van der Waals surface area contributed by atoms with Crippen LogP contribution in [0.5, 0.6) is 0 Å². The van der Waals surface area contributed by atoms with Crippen LogP contribution in [0.4, 0.5) is 14.5 Å². The minimum absolute atomic E-state index is 0.104. The van der Waals surface area contributed by atoms with Crippen molar-refractivity contribution in [1.82, 2.24) is 0 Å². The maximum atomic E-state index is 14.5. The fourth-order valence-electron chi connectivity index (χ4n) is 3.62. The lowest BCUT2D eigenvalue weighted by Crippen LogP contribution is -2.25. The van der Waals surface area contributed by atoms with E-state index in [9.17, 15) is 18.4 Å². The molecule has 0 aliphatic heterocycles. The summed E-state index contributed by atoms with van der Waals surface area (Å²) < 4.78 is 28.9. The van der Waals surface area contributed by atoms with Gasteiger partial charge in [-0.3, -0.25) is 4.79 Å². The van der Waals surface area contributed by atoms with Gasteiger partial charge in [-0.15, -0.1) is 0 Å². The Hall–Kier alpha value is -4.03. The molecule has 1 amide bonds. The van der Waals surface area contributed by atoms with Gasteiger partial charge in [0.25, 0.3) is 0 Å². The summed E-state index contributed by atoms with van der Waals surface area (Å²) in [5, 5.41) is 11.7. The first-order valence-electron chi connectivity index (χ1n) is 11.0. The van der Waals surface area contributed by atoms with Crippen LogP contribution in [0.1, 0.15) is 28.4 Å². The predicted molar refractivity (Wildman–Crippen MR) is 139 cm³/mol. The highest BCUT2D eigenvalue weighted by Gasteiger charge is 2.21. The van der Waals surface area contributed by atoms with E-state index in [0.717, 1.165) is 17.7 Å². The number of carbonyl (C=O) groups excluding carboxylic acids is 1. The molecule has 0 aliphatic rings. The molecule has 1 atom stereocenters. The van der Waals surface area contributed by atoms with Crippen LogP contribution in [0.25, 0.3) is 5.57 Å². The SMILES string of the molecule is C=C/C(=C\C=C(/C)C(Cc1ccccc1)C(=O)Nc1ccc(C(=O)O)cc1)c1c(F)ccc(Cl)c1F. The molecule has 0 spiro atoms. The van der Waals surface area contributed by atoms with Crippen LogP contribution in [-0.2, 0) is 11.2 Å². The van der Waals surface area contributed by atoms with Crippen molar-refractivity contribution in [3.63, 3.8) is 0 Å². The third-order valence-corrected chi connectivity index (χ3v) is 5.92. The van der Waals surface area contributed by atoms with Gasteiger partial charge in [0.2, 0.25) is 5.91 Å². The van der Waals surface area contributed by atoms with Crippen LogP contribution >= 0.6 is 11.6 Å². The molecule has 0 aliphatic carbocycles. The average molecular weight is 508 g/mol. The third kappa shape index (κ3) is 6.55. The fraction of sp³-hybridized carbons (Fsp3) is 0.103. The Balaban J connectivity index is 1.94. The number of carboxylic acid groups (broad SMARTS) is 1. The van der Waals surface area contributed by atoms with Gasteiger partial charge in [0.05, 0.1) is 22.1 Å². The second-order valence-corrected chi connectivity index (χ2v) is 8.48. The number of hydrogen-bond donors (Lipinski definition) is 2. The van der Waals surface area contributed by atoms with Gasteiger partial charge in [0.1, 0.15) is 5.82 Å². The van der Waals surface area contributed by atoms with Gasteiger partial charge in [0, 0.05) is 5.69 Å². The molecule has 0 aromatic heterocycles. The van der Waals surface area contributed by atoms with Crippen molar-refractivity contribution >= 4 is 34.7 Å². The van der Waals surface area contributed by atoms with Crippen molar-refractivity contribution in [3.8, 4) is 0 Å². The number of hydrogen-bond acceptors (Lipinski definition) is 2. The average Bonchev–Trinajstić information content (AvgIpc) is 2.87. The first-order valence-corrected chi connectivity index (χ1v) is 11.4. The number of carboxylic acids is 1. The zero-order valence-electron chi connectivity index (χ0n) is 19.5. The number of aromatic carboxylic acids is 1. The minimum Gasteiger partial charge on any atom is -0.478 e. The van der Waals surface area contributed by atoms with Crippen LogP contribution in [0.3, 0.4) is 0 Å². The van der Waals surface area contributed by atoms with Gasteiger partial charge in [-0.2, -0.15) is 0 Å². The second kappa shape index (κ2) is 12.1. The van der Waals surface area contributed by atoms with Crippen LogP contribution < -0.4 is 5.32 Å². The van der Waals surface area contributed by atoms with Gasteiger partial charge in [-0.05, 0) is 60.9 Å². The maximum absolute atomic E-state index is 14.5. The summed E-state index contributed by atoms with van der Waals surface area (Å²) in [7, 11) is 0. The number of amides is 1. The molecule has 0 fully saturated rings. The minimum atomic E-state index is -1.06. The summed E-state index contributed by atoms with van der Waals surface area (Å²) in [5.41, 5.74) is 1.99. The smallest absolute Gasteiger partial charge is 0.335 e. The molecule has 0 saturated carbocycles. The molecule has 3 rings (SSSR count).